The zero-order valence-corrected chi connectivity index (χ0v) is 18.7. The Morgan fingerprint density at radius 2 is 1.91 bits per heavy atom. The van der Waals surface area contributed by atoms with Gasteiger partial charge in [0.15, 0.2) is 5.75 Å². The number of nitrogens with one attached hydrogen (secondary N) is 2. The molecule has 2 N–H and O–H groups in total. The number of carbonyl (C=O) groups excluding carboxylic acids is 2. The number of carbonyl (C=O) groups is 2. The third-order valence-corrected chi connectivity index (χ3v) is 6.30. The third kappa shape index (κ3) is 5.10. The van der Waals surface area contributed by atoms with Crippen molar-refractivity contribution in [2.24, 2.45) is 0 Å². The van der Waals surface area contributed by atoms with Gasteiger partial charge in [-0.15, -0.1) is 11.3 Å². The van der Waals surface area contributed by atoms with E-state index in [1.165, 1.54) is 19.2 Å². The monoisotopic (exact) mass is 480 g/mol. The van der Waals surface area contributed by atoms with E-state index in [4.69, 9.17) is 4.74 Å². The molecule has 0 unspecified atom stereocenters. The second kappa shape index (κ2) is 9.67. The average molecular weight is 481 g/mol. The van der Waals surface area contributed by atoms with Gasteiger partial charge in [-0.1, -0.05) is 24.3 Å². The number of hydrogen-bond acceptors (Lipinski definition) is 8. The predicted molar refractivity (Wildman–Crippen MR) is 129 cm³/mol. The van der Waals surface area contributed by atoms with Gasteiger partial charge in [0, 0.05) is 34.8 Å². The molecule has 9 nitrogen and oxygen atoms in total. The molecule has 0 aliphatic carbocycles. The number of methoxy groups -OCH3 is 1. The summed E-state index contributed by atoms with van der Waals surface area (Å²) < 4.78 is 8.38. The second-order valence-corrected chi connectivity index (χ2v) is 8.47. The molecule has 0 aliphatic rings. The summed E-state index contributed by atoms with van der Waals surface area (Å²) in [6, 6.07) is 18.2. The van der Waals surface area contributed by atoms with Gasteiger partial charge < -0.3 is 10.1 Å². The van der Waals surface area contributed by atoms with E-state index in [-0.39, 0.29) is 17.0 Å². The van der Waals surface area contributed by atoms with Gasteiger partial charge in [-0.05, 0) is 36.4 Å². The maximum absolute atomic E-state index is 12.4. The number of rotatable bonds is 5. The number of hydrogen-bond donors (Lipinski definition) is 2. The topological polar surface area (TPSA) is 123 Å². The molecule has 33 heavy (non-hydrogen) atoms. The Morgan fingerprint density at radius 3 is 2.67 bits per heavy atom. The number of nitrogens with zero attached hydrogens (tertiary/aromatic N) is 2. The first-order chi connectivity index (χ1) is 15.9. The Kier molecular flexibility index (Phi) is 6.52. The number of urea groups is 1. The zero-order valence-electron chi connectivity index (χ0n) is 17.1. The van der Waals surface area contributed by atoms with Gasteiger partial charge in [0.25, 0.3) is 0 Å². The Labute approximate surface area is 196 Å². The fraction of sp³-hybridized carbons (Fsp3) is 0.0455. The summed E-state index contributed by atoms with van der Waals surface area (Å²) in [4.78, 5) is 39.7. The van der Waals surface area contributed by atoms with Crippen LogP contribution >= 0.6 is 23.3 Å². The molecule has 0 spiro atoms. The van der Waals surface area contributed by atoms with Crippen LogP contribution in [0.15, 0.2) is 66.7 Å². The smallest absolute Gasteiger partial charge is 0.329 e. The molecule has 4 rings (SSSR count). The quantitative estimate of drug-likeness (QED) is 0.220. The van der Waals surface area contributed by atoms with Crippen molar-refractivity contribution in [1.82, 2.24) is 9.71 Å². The Hall–Kier alpha value is -3.96. The van der Waals surface area contributed by atoms with Gasteiger partial charge in [-0.3, -0.25) is 19.6 Å². The number of amides is 2. The molecule has 0 radical (unpaired) electrons. The number of nitro benzene ring substituents is 1. The van der Waals surface area contributed by atoms with E-state index in [0.717, 1.165) is 26.9 Å². The SMILES string of the molecule is COc1ccc(C(=O)SNC(=O)Nc2cccc(-c3nc4ccccc4s3)c2)cc1[N+](=O)[O-]. The molecular formula is C22H16N4O5S2. The first kappa shape index (κ1) is 22.2. The molecule has 2 amide bonds. The molecule has 11 heteroatoms. The Balaban J connectivity index is 1.40. The highest BCUT2D eigenvalue weighted by Crippen LogP contribution is 2.31. The van der Waals surface area contributed by atoms with Gasteiger partial charge in [-0.2, -0.15) is 0 Å². The maximum atomic E-state index is 12.4. The fourth-order valence-corrected chi connectivity index (χ4v) is 4.44. The summed E-state index contributed by atoms with van der Waals surface area (Å²) in [5.41, 5.74) is 2.01. The molecule has 0 saturated heterocycles. The lowest BCUT2D eigenvalue weighted by Crippen LogP contribution is -2.24. The van der Waals surface area contributed by atoms with Crippen LogP contribution in [0.3, 0.4) is 0 Å². The standard InChI is InChI=1S/C22H16N4O5S2/c1-31-18-10-9-14(12-17(18)26(29)30)21(27)33-25-22(28)23-15-6-4-5-13(11-15)20-24-16-7-2-3-8-19(16)32-20/h2-12H,1H3,(H2,23,25,28). The number of anilines is 1. The number of nitro groups is 1. The molecule has 0 bridgehead atoms. The van der Waals surface area contributed by atoms with Crippen LogP contribution in [0.2, 0.25) is 0 Å². The van der Waals surface area contributed by atoms with Crippen molar-refractivity contribution in [2.75, 3.05) is 12.4 Å². The molecule has 0 fully saturated rings. The summed E-state index contributed by atoms with van der Waals surface area (Å²) >= 11 is 2.07. The summed E-state index contributed by atoms with van der Waals surface area (Å²) in [7, 11) is 1.30. The van der Waals surface area contributed by atoms with Crippen molar-refractivity contribution in [3.8, 4) is 16.3 Å². The first-order valence-electron chi connectivity index (χ1n) is 9.51. The van der Waals surface area contributed by atoms with E-state index in [0.29, 0.717) is 17.6 Å². The predicted octanol–water partition coefficient (Wildman–Crippen LogP) is 5.49. The number of fused-ring (bicyclic) bond motifs is 1. The van der Waals surface area contributed by atoms with Crippen LogP contribution in [-0.4, -0.2) is 28.2 Å². The molecule has 4 aromatic rings. The lowest BCUT2D eigenvalue weighted by Gasteiger charge is -2.08. The van der Waals surface area contributed by atoms with Crippen LogP contribution in [0, 0.1) is 10.1 Å². The van der Waals surface area contributed by atoms with E-state index in [2.05, 4.69) is 15.0 Å². The fourth-order valence-electron chi connectivity index (χ4n) is 2.99. The lowest BCUT2D eigenvalue weighted by atomic mass is 10.2. The highest BCUT2D eigenvalue weighted by atomic mass is 32.2. The van der Waals surface area contributed by atoms with E-state index in [1.54, 1.807) is 29.5 Å². The molecule has 1 aromatic heterocycles. The van der Waals surface area contributed by atoms with Crippen LogP contribution in [0.5, 0.6) is 5.75 Å². The van der Waals surface area contributed by atoms with Gasteiger partial charge in [0.2, 0.25) is 5.12 Å². The molecule has 1 heterocycles. The largest absolute Gasteiger partial charge is 0.490 e. The Morgan fingerprint density at radius 1 is 1.09 bits per heavy atom. The van der Waals surface area contributed by atoms with Crippen molar-refractivity contribution in [1.29, 1.82) is 0 Å². The molecule has 3 aromatic carbocycles. The minimum absolute atomic E-state index is 0.0419. The van der Waals surface area contributed by atoms with Crippen molar-refractivity contribution in [2.45, 2.75) is 0 Å². The summed E-state index contributed by atoms with van der Waals surface area (Å²) in [6.45, 7) is 0. The number of para-hydroxylation sites is 1. The lowest BCUT2D eigenvalue weighted by molar-refractivity contribution is -0.385. The van der Waals surface area contributed by atoms with Crippen LogP contribution in [0.4, 0.5) is 16.2 Å². The Bertz CT molecular complexity index is 1340. The van der Waals surface area contributed by atoms with Crippen LogP contribution in [-0.2, 0) is 0 Å². The zero-order chi connectivity index (χ0) is 23.4. The minimum Gasteiger partial charge on any atom is -0.490 e. The highest BCUT2D eigenvalue weighted by Gasteiger charge is 2.19. The molecule has 0 atom stereocenters. The first-order valence-corrected chi connectivity index (χ1v) is 11.1. The highest BCUT2D eigenvalue weighted by molar-refractivity contribution is 8.12. The van der Waals surface area contributed by atoms with Crippen LogP contribution < -0.4 is 14.8 Å². The van der Waals surface area contributed by atoms with Crippen LogP contribution in [0.1, 0.15) is 10.4 Å². The number of aromatic nitrogens is 1. The summed E-state index contributed by atoms with van der Waals surface area (Å²) in [5.74, 6) is 0.0419. The number of benzene rings is 3. The summed E-state index contributed by atoms with van der Waals surface area (Å²) in [5, 5.41) is 14.1. The van der Waals surface area contributed by atoms with Crippen molar-refractivity contribution >= 4 is 56.0 Å². The molecule has 0 aliphatic heterocycles. The van der Waals surface area contributed by atoms with E-state index in [9.17, 15) is 19.7 Å². The molecular weight excluding hydrogens is 464 g/mol. The van der Waals surface area contributed by atoms with Gasteiger partial charge in [-0.25, -0.2) is 9.78 Å². The molecule has 166 valence electrons. The van der Waals surface area contributed by atoms with Crippen LogP contribution in [0.25, 0.3) is 20.8 Å². The second-order valence-electron chi connectivity index (χ2n) is 6.66. The van der Waals surface area contributed by atoms with E-state index in [1.807, 2.05) is 30.3 Å². The number of thiazole rings is 1. The summed E-state index contributed by atoms with van der Waals surface area (Å²) in [6.07, 6.45) is 0. The van der Waals surface area contributed by atoms with Crippen molar-refractivity contribution in [3.63, 3.8) is 0 Å². The third-order valence-electron chi connectivity index (χ3n) is 4.51. The number of ether oxygens (including phenoxy) is 1. The van der Waals surface area contributed by atoms with Gasteiger partial charge in [0.05, 0.1) is 22.2 Å². The van der Waals surface area contributed by atoms with E-state index < -0.39 is 16.1 Å². The molecule has 0 saturated carbocycles. The van der Waals surface area contributed by atoms with Crippen molar-refractivity contribution < 1.29 is 19.2 Å². The van der Waals surface area contributed by atoms with Crippen molar-refractivity contribution in [3.05, 3.63) is 82.4 Å². The maximum Gasteiger partial charge on any atom is 0.329 e. The van der Waals surface area contributed by atoms with E-state index >= 15 is 0 Å². The average Bonchev–Trinajstić information content (AvgIpc) is 3.26. The van der Waals surface area contributed by atoms with Gasteiger partial charge in [0.1, 0.15) is 5.01 Å². The normalized spacial score (nSPS) is 10.6. The van der Waals surface area contributed by atoms with Gasteiger partial charge >= 0.3 is 11.7 Å². The minimum atomic E-state index is -0.640.